The Kier molecular flexibility index (Phi) is 25.5. The van der Waals surface area contributed by atoms with Gasteiger partial charge in [0.25, 0.3) is 32.1 Å². The molecular formula is C59H58Br2Cl2F6N8O10S2. The van der Waals surface area contributed by atoms with Gasteiger partial charge in [0.2, 0.25) is 5.60 Å². The Morgan fingerprint density at radius 3 is 1.37 bits per heavy atom. The molecule has 0 saturated carbocycles. The fourth-order valence-corrected chi connectivity index (χ4v) is 10.1. The Labute approximate surface area is 536 Å². The number of nitrogens with zero attached hydrogens (tertiary/aromatic N) is 5. The Balaban J connectivity index is 0.000000321. The third kappa shape index (κ3) is 20.4. The van der Waals surface area contributed by atoms with E-state index in [-0.39, 0.29) is 64.4 Å². The molecule has 0 fully saturated rings. The van der Waals surface area contributed by atoms with Gasteiger partial charge < -0.3 is 10.6 Å². The first kappa shape index (κ1) is 74.3. The van der Waals surface area contributed by atoms with E-state index in [2.05, 4.69) is 71.9 Å². The van der Waals surface area contributed by atoms with E-state index >= 15 is 0 Å². The number of carbonyl (C=O) groups is 4. The quantitative estimate of drug-likeness (QED) is 0.0245. The third-order valence-corrected chi connectivity index (χ3v) is 15.0. The molecule has 4 aromatic carbocycles. The molecule has 2 amide bonds. The number of aromatic amines is 1. The molecule has 476 valence electrons. The highest BCUT2D eigenvalue weighted by Gasteiger charge is 2.57. The lowest BCUT2D eigenvalue weighted by Gasteiger charge is -2.34. The SMILES string of the molecule is Brc1cn[nH]c1.C.CS(=O)(=O)O.Cc1cc(C(C)(OS(C)(=O)=O)C(F)(F)F)cc(C)c1CC(=O)c1cccc(NC(=O)c2cccnc2Cl)c1.Cc1cc(C(C)(n2cc(Br)cn2)C(F)(F)F)cc(C)c1CC(=O)c1cccc(NC(=O)c2cccnc2Cl)c1. The van der Waals surface area contributed by atoms with E-state index < -0.39 is 61.1 Å². The molecule has 0 aliphatic heterocycles. The van der Waals surface area contributed by atoms with Gasteiger partial charge in [-0.3, -0.25) is 33.5 Å². The minimum atomic E-state index is -5.03. The summed E-state index contributed by atoms with van der Waals surface area (Å²) >= 11 is 18.3. The molecule has 4 aromatic heterocycles. The maximum atomic E-state index is 14.4. The number of amides is 2. The molecule has 18 nitrogen and oxygen atoms in total. The van der Waals surface area contributed by atoms with Crippen molar-refractivity contribution in [3.63, 3.8) is 0 Å². The average Bonchev–Trinajstić information content (AvgIpc) is 1.78. The number of aryl methyl sites for hydroxylation is 4. The predicted molar refractivity (Wildman–Crippen MR) is 334 cm³/mol. The highest BCUT2D eigenvalue weighted by molar-refractivity contribution is 9.10. The minimum Gasteiger partial charge on any atom is -0.322 e. The van der Waals surface area contributed by atoms with Crippen molar-refractivity contribution in [2.75, 3.05) is 23.1 Å². The first-order valence-corrected chi connectivity index (χ1v) is 31.4. The summed E-state index contributed by atoms with van der Waals surface area (Å²) in [7, 11) is -8.12. The second kappa shape index (κ2) is 30.6. The monoisotopic (exact) mass is 1440 g/mol. The van der Waals surface area contributed by atoms with Crippen LogP contribution in [0.3, 0.4) is 0 Å². The molecule has 30 heteroatoms. The molecule has 0 aliphatic carbocycles. The lowest BCUT2D eigenvalue weighted by molar-refractivity contribution is -0.246. The molecule has 4 N–H and O–H groups in total. The van der Waals surface area contributed by atoms with E-state index in [0.717, 1.165) is 16.1 Å². The number of halogens is 10. The summed E-state index contributed by atoms with van der Waals surface area (Å²) < 4.78 is 141. The lowest BCUT2D eigenvalue weighted by atomic mass is 9.85. The van der Waals surface area contributed by atoms with Crippen LogP contribution in [0.1, 0.15) is 107 Å². The zero-order valence-electron chi connectivity index (χ0n) is 47.6. The van der Waals surface area contributed by atoms with E-state index in [9.17, 15) is 62.4 Å². The van der Waals surface area contributed by atoms with Gasteiger partial charge in [0.1, 0.15) is 10.3 Å². The van der Waals surface area contributed by atoms with Crippen LogP contribution >= 0.6 is 55.1 Å². The molecule has 0 radical (unpaired) electrons. The molecular weight excluding hydrogens is 1390 g/mol. The highest BCUT2D eigenvalue weighted by Crippen LogP contribution is 2.45. The van der Waals surface area contributed by atoms with Gasteiger partial charge in [0.15, 0.2) is 17.1 Å². The first-order chi connectivity index (χ1) is 40.7. The number of ketones is 2. The van der Waals surface area contributed by atoms with Crippen LogP contribution in [-0.4, -0.2) is 99.6 Å². The lowest BCUT2D eigenvalue weighted by Crippen LogP contribution is -2.46. The van der Waals surface area contributed by atoms with Crippen molar-refractivity contribution in [2.45, 2.75) is 85.3 Å². The van der Waals surface area contributed by atoms with Crippen LogP contribution in [0.25, 0.3) is 0 Å². The number of hydrogen-bond donors (Lipinski definition) is 4. The number of benzene rings is 4. The number of rotatable bonds is 15. The molecule has 8 rings (SSSR count). The van der Waals surface area contributed by atoms with Gasteiger partial charge in [-0.2, -0.15) is 53.4 Å². The largest absolute Gasteiger partial charge is 0.422 e. The minimum absolute atomic E-state index is 0. The molecule has 2 unspecified atom stereocenters. The Morgan fingerprint density at radius 1 is 0.640 bits per heavy atom. The maximum Gasteiger partial charge on any atom is 0.422 e. The van der Waals surface area contributed by atoms with Crippen LogP contribution in [0.5, 0.6) is 0 Å². The number of carbonyl (C=O) groups excluding carboxylic acids is 4. The zero-order valence-corrected chi connectivity index (χ0v) is 53.9. The van der Waals surface area contributed by atoms with Crippen molar-refractivity contribution in [3.05, 3.63) is 220 Å². The number of Topliss-reactive ketones (excluding diaryl/α,β-unsaturated/α-hetero) is 2. The summed E-state index contributed by atoms with van der Waals surface area (Å²) in [6.07, 6.45) is 0.378. The zero-order chi connectivity index (χ0) is 65.9. The fraction of sp³-hybridized carbons (Fsp3) is 0.254. The van der Waals surface area contributed by atoms with Crippen LogP contribution in [0.2, 0.25) is 10.3 Å². The van der Waals surface area contributed by atoms with Gasteiger partial charge in [0.05, 0.1) is 45.0 Å². The summed E-state index contributed by atoms with van der Waals surface area (Å²) in [6, 6.07) is 24.0. The number of hydrogen-bond acceptors (Lipinski definition) is 13. The maximum absolute atomic E-state index is 14.4. The Morgan fingerprint density at radius 2 is 1.06 bits per heavy atom. The molecule has 0 aliphatic rings. The number of aromatic nitrogens is 6. The Bertz CT molecular complexity index is 4050. The average molecular weight is 1450 g/mol. The van der Waals surface area contributed by atoms with E-state index in [1.165, 1.54) is 81.1 Å². The van der Waals surface area contributed by atoms with Crippen molar-refractivity contribution in [1.29, 1.82) is 0 Å². The summed E-state index contributed by atoms with van der Waals surface area (Å²) in [5, 5.41) is 15.6. The normalized spacial score (nSPS) is 12.8. The van der Waals surface area contributed by atoms with E-state index in [0.29, 0.717) is 74.2 Å². The van der Waals surface area contributed by atoms with Gasteiger partial charge >= 0.3 is 12.4 Å². The van der Waals surface area contributed by atoms with Gasteiger partial charge in [-0.25, -0.2) is 14.2 Å². The van der Waals surface area contributed by atoms with Crippen molar-refractivity contribution < 1.29 is 71.1 Å². The summed E-state index contributed by atoms with van der Waals surface area (Å²) in [5.74, 6) is -1.58. The van der Waals surface area contributed by atoms with E-state index in [1.54, 1.807) is 80.8 Å². The first-order valence-electron chi connectivity index (χ1n) is 25.3. The van der Waals surface area contributed by atoms with Crippen LogP contribution in [-0.2, 0) is 48.4 Å². The molecule has 2 atom stereocenters. The van der Waals surface area contributed by atoms with Crippen LogP contribution < -0.4 is 10.6 Å². The number of alkyl halides is 6. The number of anilines is 2. The van der Waals surface area contributed by atoms with Gasteiger partial charge in [-0.1, -0.05) is 79.2 Å². The molecule has 0 bridgehead atoms. The summed E-state index contributed by atoms with van der Waals surface area (Å²) in [5.41, 5.74) is -1.30. The van der Waals surface area contributed by atoms with Gasteiger partial charge in [-0.05, 0) is 166 Å². The summed E-state index contributed by atoms with van der Waals surface area (Å²) in [4.78, 5) is 59.1. The van der Waals surface area contributed by atoms with Crippen LogP contribution in [0, 0.1) is 27.7 Å². The Hall–Kier alpha value is -7.18. The molecule has 8 aromatic rings. The standard InChI is InChI=1S/C28H23BrClF3N4O2.C26H24ClF3N2O5S.C3H3BrN2.CH4O3S.CH4/c1-16-10-19(27(3,28(31,32)33)37-15-20(29)14-35-37)11-17(2)23(16)13-24(38)18-6-4-7-21(12-18)36-26(39)22-8-5-9-34-25(22)30;1-15-11-18(25(3,26(28,29)30)37-38(4,35)36)12-16(2)21(15)14-22(33)17-7-5-8-19(13-17)32-24(34)20-9-6-10-31-23(20)27;4-3-1-5-6-2-3;1-5(2,3)4;/h4-12,14-15H,13H2,1-3H3,(H,36,39);5-13H,14H2,1-4H3,(H,32,34);1-2H,(H,5,6);1H3,(H,2,3,4);1H4. The second-order valence-electron chi connectivity index (χ2n) is 19.8. The van der Waals surface area contributed by atoms with Crippen molar-refractivity contribution in [1.82, 2.24) is 29.9 Å². The van der Waals surface area contributed by atoms with Crippen molar-refractivity contribution in [3.8, 4) is 0 Å². The molecule has 89 heavy (non-hydrogen) atoms. The highest BCUT2D eigenvalue weighted by atomic mass is 79.9. The van der Waals surface area contributed by atoms with Gasteiger partial charge in [-0.15, -0.1) is 0 Å². The number of nitrogens with one attached hydrogen (secondary N) is 3. The topological polar surface area (TPSA) is 262 Å². The molecule has 4 heterocycles. The van der Waals surface area contributed by atoms with Crippen molar-refractivity contribution >= 4 is 110 Å². The second-order valence-corrected chi connectivity index (χ2v) is 25.4. The van der Waals surface area contributed by atoms with Crippen LogP contribution in [0.15, 0.2) is 143 Å². The number of H-pyrrole nitrogens is 1. The summed E-state index contributed by atoms with van der Waals surface area (Å²) in [6.45, 7) is 8.15. The smallest absolute Gasteiger partial charge is 0.322 e. The third-order valence-electron chi connectivity index (χ3n) is 13.0. The predicted octanol–water partition coefficient (Wildman–Crippen LogP) is 14.4. The number of pyridine rings is 2. The molecule has 0 saturated heterocycles. The van der Waals surface area contributed by atoms with Gasteiger partial charge in [0, 0.05) is 60.1 Å². The fourth-order valence-electron chi connectivity index (χ4n) is 8.44. The van der Waals surface area contributed by atoms with E-state index in [4.69, 9.17) is 27.8 Å². The van der Waals surface area contributed by atoms with Crippen molar-refractivity contribution in [2.24, 2.45) is 0 Å². The molecule has 0 spiro atoms. The van der Waals surface area contributed by atoms with E-state index in [1.807, 2.05) is 0 Å². The van der Waals surface area contributed by atoms with Crippen LogP contribution in [0.4, 0.5) is 37.7 Å².